The summed E-state index contributed by atoms with van der Waals surface area (Å²) in [4.78, 5) is 0. The van der Waals surface area contributed by atoms with Crippen molar-refractivity contribution in [2.75, 3.05) is 0 Å². The second kappa shape index (κ2) is 3.05. The lowest BCUT2D eigenvalue weighted by molar-refractivity contribution is 0.163. The molecule has 0 fully saturated rings. The quantitative estimate of drug-likeness (QED) is 0.580. The van der Waals surface area contributed by atoms with Crippen molar-refractivity contribution in [3.8, 4) is 0 Å². The minimum atomic E-state index is 0.863. The topological polar surface area (TPSA) is 18.5 Å². The predicted octanol–water partition coefficient (Wildman–Crippen LogP) is 2.97. The average molecular weight is 187 g/mol. The number of ether oxygens (including phenoxy) is 2. The smallest absolute Gasteiger partial charge is 0.315 e. The number of rotatable bonds is 0. The zero-order valence-corrected chi connectivity index (χ0v) is 7.82. The van der Waals surface area contributed by atoms with Gasteiger partial charge in [0, 0.05) is 6.42 Å². The number of hydrogen-bond acceptors (Lipinski definition) is 2. The fraction of sp³-hybridized carbons (Fsp3) is 0.250. The van der Waals surface area contributed by atoms with Crippen LogP contribution in [0.2, 0.25) is 0 Å². The highest BCUT2D eigenvalue weighted by atomic mass is 16.7. The van der Waals surface area contributed by atoms with E-state index < -0.39 is 0 Å². The molecular formula is C12H11O2. The minimum absolute atomic E-state index is 0.863. The average Bonchev–Trinajstić information content (AvgIpc) is 2.51. The van der Waals surface area contributed by atoms with Crippen molar-refractivity contribution in [2.24, 2.45) is 0 Å². The normalized spacial score (nSPS) is 24.0. The van der Waals surface area contributed by atoms with Gasteiger partial charge in [-0.3, -0.25) is 0 Å². The lowest BCUT2D eigenvalue weighted by Gasteiger charge is -2.13. The van der Waals surface area contributed by atoms with Crippen LogP contribution in [-0.2, 0) is 9.47 Å². The summed E-state index contributed by atoms with van der Waals surface area (Å²) in [5.41, 5.74) is 2.62. The van der Waals surface area contributed by atoms with E-state index in [1.54, 1.807) is 0 Å². The molecule has 0 aromatic rings. The van der Waals surface area contributed by atoms with Crippen molar-refractivity contribution in [3.05, 3.63) is 53.8 Å². The van der Waals surface area contributed by atoms with Gasteiger partial charge in [-0.05, 0) is 30.1 Å². The van der Waals surface area contributed by atoms with Crippen molar-refractivity contribution < 1.29 is 9.47 Å². The van der Waals surface area contributed by atoms with Crippen LogP contribution in [0.5, 0.6) is 0 Å². The predicted molar refractivity (Wildman–Crippen MR) is 52.7 cm³/mol. The fourth-order valence-corrected chi connectivity index (χ4v) is 1.92. The second-order valence-electron chi connectivity index (χ2n) is 3.60. The molecule has 1 aliphatic heterocycles. The molecule has 1 radical (unpaired) electrons. The number of hydrogen-bond donors (Lipinski definition) is 0. The first-order valence-electron chi connectivity index (χ1n) is 4.89. The summed E-state index contributed by atoms with van der Waals surface area (Å²) < 4.78 is 10.5. The summed E-state index contributed by atoms with van der Waals surface area (Å²) in [5.74, 6) is 1.80. The molecule has 0 atom stereocenters. The van der Waals surface area contributed by atoms with Crippen LogP contribution < -0.4 is 0 Å². The summed E-state index contributed by atoms with van der Waals surface area (Å²) in [6.07, 6.45) is 11.8. The molecule has 2 nitrogen and oxygen atoms in total. The van der Waals surface area contributed by atoms with Crippen LogP contribution in [0.1, 0.15) is 19.3 Å². The summed E-state index contributed by atoms with van der Waals surface area (Å²) in [6.45, 7) is 1.40. The van der Waals surface area contributed by atoms with Crippen molar-refractivity contribution >= 4 is 0 Å². The first kappa shape index (κ1) is 7.92. The molecule has 3 rings (SSSR count). The van der Waals surface area contributed by atoms with Gasteiger partial charge in [0.25, 0.3) is 0 Å². The third-order valence-corrected chi connectivity index (χ3v) is 2.67. The molecule has 2 heteroatoms. The van der Waals surface area contributed by atoms with Crippen molar-refractivity contribution in [1.29, 1.82) is 0 Å². The number of allylic oxidation sites excluding steroid dienone is 6. The molecule has 1 heterocycles. The molecule has 3 aliphatic rings. The Bertz CT molecular complexity index is 383. The first-order valence-corrected chi connectivity index (χ1v) is 4.89. The van der Waals surface area contributed by atoms with Crippen LogP contribution in [-0.4, -0.2) is 0 Å². The van der Waals surface area contributed by atoms with E-state index in [1.165, 1.54) is 17.9 Å². The third-order valence-electron chi connectivity index (χ3n) is 2.67. The molecule has 0 bridgehead atoms. The fourth-order valence-electron chi connectivity index (χ4n) is 1.92. The van der Waals surface area contributed by atoms with Crippen LogP contribution in [0.3, 0.4) is 0 Å². The molecule has 0 aromatic carbocycles. The summed E-state index contributed by atoms with van der Waals surface area (Å²) in [6, 6.07) is 0. The van der Waals surface area contributed by atoms with E-state index in [9.17, 15) is 0 Å². The van der Waals surface area contributed by atoms with Gasteiger partial charge in [0.2, 0.25) is 0 Å². The Balaban J connectivity index is 2.03. The van der Waals surface area contributed by atoms with Gasteiger partial charge in [-0.15, -0.1) is 0 Å². The lowest BCUT2D eigenvalue weighted by atomic mass is 9.96. The maximum atomic E-state index is 5.27. The van der Waals surface area contributed by atoms with E-state index in [0.29, 0.717) is 0 Å². The Morgan fingerprint density at radius 1 is 1.14 bits per heavy atom. The highest BCUT2D eigenvalue weighted by Crippen LogP contribution is 2.36. The SMILES string of the molecule is [CH]1OC2=C(CC3=CCCC=CC3=C2)O1. The van der Waals surface area contributed by atoms with Crippen molar-refractivity contribution in [2.45, 2.75) is 19.3 Å². The third kappa shape index (κ3) is 1.18. The van der Waals surface area contributed by atoms with E-state index in [4.69, 9.17) is 9.47 Å². The van der Waals surface area contributed by atoms with Crippen LogP contribution in [0.25, 0.3) is 0 Å². The van der Waals surface area contributed by atoms with Crippen molar-refractivity contribution in [3.63, 3.8) is 0 Å². The lowest BCUT2D eigenvalue weighted by Crippen LogP contribution is -1.98. The van der Waals surface area contributed by atoms with Gasteiger partial charge in [0.05, 0.1) is 0 Å². The van der Waals surface area contributed by atoms with Crippen LogP contribution in [0.15, 0.2) is 47.0 Å². The number of fused-ring (bicyclic) bond motifs is 1. The maximum absolute atomic E-state index is 5.27. The molecule has 0 spiro atoms. The monoisotopic (exact) mass is 187 g/mol. The molecule has 14 heavy (non-hydrogen) atoms. The van der Waals surface area contributed by atoms with Crippen LogP contribution in [0, 0.1) is 6.79 Å². The zero-order chi connectivity index (χ0) is 9.38. The van der Waals surface area contributed by atoms with Gasteiger partial charge >= 0.3 is 6.79 Å². The molecule has 0 saturated heterocycles. The Labute approximate surface area is 83.2 Å². The highest BCUT2D eigenvalue weighted by Gasteiger charge is 2.24. The van der Waals surface area contributed by atoms with Crippen molar-refractivity contribution in [1.82, 2.24) is 0 Å². The molecule has 0 saturated carbocycles. The summed E-state index contributed by atoms with van der Waals surface area (Å²) >= 11 is 0. The van der Waals surface area contributed by atoms with E-state index in [2.05, 4.69) is 24.3 Å². The van der Waals surface area contributed by atoms with Gasteiger partial charge in [-0.25, -0.2) is 0 Å². The Kier molecular flexibility index (Phi) is 1.72. The molecule has 0 N–H and O–H groups in total. The van der Waals surface area contributed by atoms with Gasteiger partial charge < -0.3 is 9.47 Å². The molecule has 2 aliphatic carbocycles. The minimum Gasteiger partial charge on any atom is -0.448 e. The van der Waals surface area contributed by atoms with Crippen LogP contribution in [0.4, 0.5) is 0 Å². The van der Waals surface area contributed by atoms with E-state index in [-0.39, 0.29) is 0 Å². The summed E-state index contributed by atoms with van der Waals surface area (Å²) in [5, 5.41) is 0. The maximum Gasteiger partial charge on any atom is 0.315 e. The van der Waals surface area contributed by atoms with Crippen LogP contribution >= 0.6 is 0 Å². The Morgan fingerprint density at radius 3 is 3.14 bits per heavy atom. The first-order chi connectivity index (χ1) is 6.93. The standard InChI is InChI=1S/C12H11O2/c1-2-4-9-6-11-12(14-8-13-11)7-10(9)5-3-1/h2,4-6,8H,1,3,7H2. The molecule has 0 amide bonds. The Morgan fingerprint density at radius 2 is 2.14 bits per heavy atom. The van der Waals surface area contributed by atoms with Gasteiger partial charge in [0.1, 0.15) is 5.76 Å². The summed E-state index contributed by atoms with van der Waals surface area (Å²) in [7, 11) is 0. The van der Waals surface area contributed by atoms with Gasteiger partial charge in [0.15, 0.2) is 5.76 Å². The van der Waals surface area contributed by atoms with E-state index in [0.717, 1.165) is 30.8 Å². The highest BCUT2D eigenvalue weighted by molar-refractivity contribution is 5.50. The van der Waals surface area contributed by atoms with Gasteiger partial charge in [-0.1, -0.05) is 18.2 Å². The molecular weight excluding hydrogens is 176 g/mol. The molecule has 0 unspecified atom stereocenters. The molecule has 71 valence electrons. The largest absolute Gasteiger partial charge is 0.448 e. The molecule has 0 aromatic heterocycles. The van der Waals surface area contributed by atoms with E-state index >= 15 is 0 Å². The second-order valence-corrected chi connectivity index (χ2v) is 3.60. The zero-order valence-electron chi connectivity index (χ0n) is 7.82. The van der Waals surface area contributed by atoms with Gasteiger partial charge in [-0.2, -0.15) is 0 Å². The van der Waals surface area contributed by atoms with E-state index in [1.807, 2.05) is 0 Å². The Hall–Kier alpha value is -1.44.